The maximum atomic E-state index is 12.4. The molecule has 126 valence electrons. The number of nitrogens with one attached hydrogen (secondary N) is 1. The summed E-state index contributed by atoms with van der Waals surface area (Å²) >= 11 is 2.98. The number of hydrogen-bond acceptors (Lipinski definition) is 5. The average Bonchev–Trinajstić information content (AvgIpc) is 3.25. The van der Waals surface area contributed by atoms with Crippen LogP contribution in [0.3, 0.4) is 0 Å². The molecule has 6 heteroatoms. The summed E-state index contributed by atoms with van der Waals surface area (Å²) in [5.74, 6) is -0.156. The van der Waals surface area contributed by atoms with Gasteiger partial charge in [-0.1, -0.05) is 11.6 Å². The summed E-state index contributed by atoms with van der Waals surface area (Å²) in [4.78, 5) is 25.1. The third kappa shape index (κ3) is 3.10. The van der Waals surface area contributed by atoms with Crippen LogP contribution in [0.5, 0.6) is 0 Å². The first-order valence-corrected chi connectivity index (χ1v) is 9.64. The number of benzene rings is 1. The average molecular weight is 369 g/mol. The molecule has 1 amide bonds. The zero-order valence-electron chi connectivity index (χ0n) is 13.5. The van der Waals surface area contributed by atoms with Crippen LogP contribution in [-0.2, 0) is 6.42 Å². The number of hydrogen-bond donors (Lipinski definition) is 1. The van der Waals surface area contributed by atoms with Gasteiger partial charge in [0.2, 0.25) is 0 Å². The SMILES string of the molecule is Cc1ccc2oc(=O)c3cc(C(=O)NCCc4ccsc4)sc3c2c1. The molecule has 0 unspecified atom stereocenters. The predicted octanol–water partition coefficient (Wildman–Crippen LogP) is 4.35. The summed E-state index contributed by atoms with van der Waals surface area (Å²) < 4.78 is 6.18. The first kappa shape index (κ1) is 16.1. The van der Waals surface area contributed by atoms with Gasteiger partial charge < -0.3 is 9.73 Å². The second kappa shape index (κ2) is 6.46. The van der Waals surface area contributed by atoms with E-state index < -0.39 is 5.63 Å². The molecule has 25 heavy (non-hydrogen) atoms. The Kier molecular flexibility index (Phi) is 4.15. The van der Waals surface area contributed by atoms with Crippen LogP contribution in [-0.4, -0.2) is 12.5 Å². The Hall–Kier alpha value is -2.44. The standard InChI is InChI=1S/C19H15NO3S2/c1-11-2-3-15-13(8-11)17-14(19(22)23-15)9-16(25-17)18(21)20-6-4-12-5-7-24-10-12/h2-3,5,7-10H,4,6H2,1H3,(H,20,21). The number of carbonyl (C=O) groups is 1. The Morgan fingerprint density at radius 3 is 2.88 bits per heavy atom. The summed E-state index contributed by atoms with van der Waals surface area (Å²) in [6, 6.07) is 9.37. The van der Waals surface area contributed by atoms with Gasteiger partial charge in [0.25, 0.3) is 5.91 Å². The van der Waals surface area contributed by atoms with Gasteiger partial charge in [0.15, 0.2) is 0 Å². The molecule has 0 fully saturated rings. The van der Waals surface area contributed by atoms with Gasteiger partial charge in [-0.05, 0) is 53.9 Å². The fourth-order valence-electron chi connectivity index (χ4n) is 2.76. The van der Waals surface area contributed by atoms with Crippen LogP contribution in [0.1, 0.15) is 20.8 Å². The highest BCUT2D eigenvalue weighted by molar-refractivity contribution is 7.21. The molecular formula is C19H15NO3S2. The Labute approximate surface area is 151 Å². The molecular weight excluding hydrogens is 354 g/mol. The molecule has 0 radical (unpaired) electrons. The highest BCUT2D eigenvalue weighted by Gasteiger charge is 2.15. The summed E-state index contributed by atoms with van der Waals surface area (Å²) in [5.41, 5.74) is 2.44. The lowest BCUT2D eigenvalue weighted by Gasteiger charge is -2.01. The van der Waals surface area contributed by atoms with Crippen LogP contribution in [0.4, 0.5) is 0 Å². The molecule has 1 aromatic carbocycles. The van der Waals surface area contributed by atoms with E-state index in [1.54, 1.807) is 23.5 Å². The largest absolute Gasteiger partial charge is 0.422 e. The van der Waals surface area contributed by atoms with Crippen molar-refractivity contribution in [3.05, 3.63) is 67.5 Å². The van der Waals surface area contributed by atoms with Gasteiger partial charge in [0.05, 0.1) is 15.0 Å². The van der Waals surface area contributed by atoms with Crippen molar-refractivity contribution in [3.8, 4) is 0 Å². The number of fused-ring (bicyclic) bond motifs is 3. The minimum Gasteiger partial charge on any atom is -0.422 e. The van der Waals surface area contributed by atoms with E-state index >= 15 is 0 Å². The van der Waals surface area contributed by atoms with Gasteiger partial charge >= 0.3 is 5.63 Å². The quantitative estimate of drug-likeness (QED) is 0.544. The maximum Gasteiger partial charge on any atom is 0.345 e. The number of rotatable bonds is 4. The Morgan fingerprint density at radius 2 is 2.08 bits per heavy atom. The van der Waals surface area contributed by atoms with E-state index in [9.17, 15) is 9.59 Å². The van der Waals surface area contributed by atoms with E-state index in [-0.39, 0.29) is 5.91 Å². The molecule has 4 rings (SSSR count). The molecule has 1 N–H and O–H groups in total. The molecule has 0 spiro atoms. The second-order valence-corrected chi connectivity index (χ2v) is 7.71. The molecule has 0 aliphatic rings. The topological polar surface area (TPSA) is 59.3 Å². The summed E-state index contributed by atoms with van der Waals surface area (Å²) in [6.07, 6.45) is 0.796. The van der Waals surface area contributed by atoms with Crippen LogP contribution in [0.15, 0.2) is 50.3 Å². The summed E-state index contributed by atoms with van der Waals surface area (Å²) in [6.45, 7) is 2.56. The zero-order valence-corrected chi connectivity index (χ0v) is 15.1. The van der Waals surface area contributed by atoms with Gasteiger partial charge in [-0.2, -0.15) is 11.3 Å². The molecule has 3 heterocycles. The van der Waals surface area contributed by atoms with E-state index in [0.29, 0.717) is 22.4 Å². The first-order chi connectivity index (χ1) is 12.1. The van der Waals surface area contributed by atoms with Crippen molar-refractivity contribution in [1.29, 1.82) is 0 Å². The van der Waals surface area contributed by atoms with Crippen LogP contribution < -0.4 is 10.9 Å². The smallest absolute Gasteiger partial charge is 0.345 e. The molecule has 0 bridgehead atoms. The van der Waals surface area contributed by atoms with Crippen LogP contribution >= 0.6 is 22.7 Å². The highest BCUT2D eigenvalue weighted by Crippen LogP contribution is 2.31. The Bertz CT molecular complexity index is 1120. The van der Waals surface area contributed by atoms with Crippen LogP contribution in [0, 0.1) is 6.92 Å². The molecule has 0 aliphatic heterocycles. The van der Waals surface area contributed by atoms with Crippen molar-refractivity contribution in [1.82, 2.24) is 5.32 Å². The summed E-state index contributed by atoms with van der Waals surface area (Å²) in [5, 5.41) is 8.35. The van der Waals surface area contributed by atoms with E-state index in [2.05, 4.69) is 16.8 Å². The zero-order chi connectivity index (χ0) is 17.4. The van der Waals surface area contributed by atoms with E-state index in [0.717, 1.165) is 22.1 Å². The van der Waals surface area contributed by atoms with E-state index in [1.165, 1.54) is 16.9 Å². The molecule has 0 atom stereocenters. The monoisotopic (exact) mass is 369 g/mol. The molecule has 0 aliphatic carbocycles. The molecule has 3 aromatic heterocycles. The number of amides is 1. The fraction of sp³-hybridized carbons (Fsp3) is 0.158. The minimum atomic E-state index is -0.403. The minimum absolute atomic E-state index is 0.156. The lowest BCUT2D eigenvalue weighted by molar-refractivity contribution is 0.0958. The van der Waals surface area contributed by atoms with Gasteiger partial charge in [0, 0.05) is 11.9 Å². The lowest BCUT2D eigenvalue weighted by Crippen LogP contribution is -2.24. The summed E-state index contributed by atoms with van der Waals surface area (Å²) in [7, 11) is 0. The maximum absolute atomic E-state index is 12.4. The van der Waals surface area contributed by atoms with E-state index in [1.807, 2.05) is 24.4 Å². The first-order valence-electron chi connectivity index (χ1n) is 7.88. The van der Waals surface area contributed by atoms with Gasteiger partial charge in [-0.15, -0.1) is 11.3 Å². The van der Waals surface area contributed by atoms with Crippen LogP contribution in [0.2, 0.25) is 0 Å². The van der Waals surface area contributed by atoms with Crippen molar-refractivity contribution in [2.75, 3.05) is 6.54 Å². The third-order valence-electron chi connectivity index (χ3n) is 4.04. The normalized spacial score (nSPS) is 11.2. The predicted molar refractivity (Wildman–Crippen MR) is 103 cm³/mol. The van der Waals surface area contributed by atoms with Crippen molar-refractivity contribution in [2.45, 2.75) is 13.3 Å². The van der Waals surface area contributed by atoms with E-state index in [4.69, 9.17) is 4.42 Å². The number of thiophene rings is 2. The van der Waals surface area contributed by atoms with Crippen molar-refractivity contribution in [2.24, 2.45) is 0 Å². The second-order valence-electron chi connectivity index (χ2n) is 5.88. The number of aryl methyl sites for hydroxylation is 1. The van der Waals surface area contributed by atoms with Gasteiger partial charge in [-0.25, -0.2) is 4.79 Å². The lowest BCUT2D eigenvalue weighted by atomic mass is 10.1. The molecule has 4 aromatic rings. The van der Waals surface area contributed by atoms with Gasteiger partial charge in [-0.3, -0.25) is 4.79 Å². The van der Waals surface area contributed by atoms with Crippen molar-refractivity contribution >= 4 is 49.6 Å². The van der Waals surface area contributed by atoms with Crippen molar-refractivity contribution in [3.63, 3.8) is 0 Å². The number of carbonyl (C=O) groups excluding carboxylic acids is 1. The molecule has 4 nitrogen and oxygen atoms in total. The van der Waals surface area contributed by atoms with Crippen LogP contribution in [0.25, 0.3) is 21.1 Å². The Balaban J connectivity index is 1.65. The highest BCUT2D eigenvalue weighted by atomic mass is 32.1. The fourth-order valence-corrected chi connectivity index (χ4v) is 4.55. The molecule has 0 saturated carbocycles. The van der Waals surface area contributed by atoms with Crippen molar-refractivity contribution < 1.29 is 9.21 Å². The Morgan fingerprint density at radius 1 is 1.20 bits per heavy atom. The van der Waals surface area contributed by atoms with Gasteiger partial charge in [0.1, 0.15) is 5.58 Å². The molecule has 0 saturated heterocycles. The third-order valence-corrected chi connectivity index (χ3v) is 5.94.